The minimum absolute atomic E-state index is 0.0848. The highest BCUT2D eigenvalue weighted by Crippen LogP contribution is 2.32. The summed E-state index contributed by atoms with van der Waals surface area (Å²) in [6.45, 7) is -0.513. The van der Waals surface area contributed by atoms with Gasteiger partial charge in [-0.2, -0.15) is 0 Å². The van der Waals surface area contributed by atoms with Crippen LogP contribution in [0.3, 0.4) is 0 Å². The van der Waals surface area contributed by atoms with E-state index in [1.807, 2.05) is 0 Å². The number of hydrogen-bond acceptors (Lipinski definition) is 5. The van der Waals surface area contributed by atoms with Crippen molar-refractivity contribution in [3.63, 3.8) is 0 Å². The summed E-state index contributed by atoms with van der Waals surface area (Å²) in [5, 5.41) is 9.17. The SMILES string of the molecule is NC(=O)C(O)CNS(=O)(=O)c1c(Br)cc(N)cc1Br. The lowest BCUT2D eigenvalue weighted by molar-refractivity contribution is -0.125. The van der Waals surface area contributed by atoms with Crippen LogP contribution in [-0.4, -0.2) is 32.1 Å². The van der Waals surface area contributed by atoms with Gasteiger partial charge in [0.25, 0.3) is 0 Å². The molecule has 0 fully saturated rings. The molecule has 1 unspecified atom stereocenters. The number of halogens is 2. The predicted molar refractivity (Wildman–Crippen MR) is 76.6 cm³/mol. The highest BCUT2D eigenvalue weighted by Gasteiger charge is 2.23. The molecule has 7 nitrogen and oxygen atoms in total. The van der Waals surface area contributed by atoms with Gasteiger partial charge in [0.15, 0.2) is 0 Å². The van der Waals surface area contributed by atoms with E-state index in [1.165, 1.54) is 12.1 Å². The van der Waals surface area contributed by atoms with E-state index in [1.54, 1.807) is 0 Å². The molecule has 0 aromatic heterocycles. The topological polar surface area (TPSA) is 136 Å². The van der Waals surface area contributed by atoms with Gasteiger partial charge in [-0.05, 0) is 44.0 Å². The first-order chi connectivity index (χ1) is 8.65. The zero-order valence-corrected chi connectivity index (χ0v) is 13.4. The number of benzene rings is 1. The Morgan fingerprint density at radius 1 is 1.37 bits per heavy atom. The summed E-state index contributed by atoms with van der Waals surface area (Å²) >= 11 is 6.17. The molecule has 0 aliphatic carbocycles. The van der Waals surface area contributed by atoms with Gasteiger partial charge in [0.1, 0.15) is 11.0 Å². The van der Waals surface area contributed by atoms with Crippen LogP contribution in [0.1, 0.15) is 0 Å². The molecule has 1 rings (SSSR count). The summed E-state index contributed by atoms with van der Waals surface area (Å²) in [5.41, 5.74) is 10.8. The number of amides is 1. The van der Waals surface area contributed by atoms with E-state index in [0.29, 0.717) is 5.69 Å². The largest absolute Gasteiger partial charge is 0.399 e. The second-order valence-corrected chi connectivity index (χ2v) is 7.00. The molecule has 6 N–H and O–H groups in total. The van der Waals surface area contributed by atoms with Gasteiger partial charge in [0, 0.05) is 21.2 Å². The summed E-state index contributed by atoms with van der Waals surface area (Å²) in [7, 11) is -3.93. The zero-order chi connectivity index (χ0) is 14.8. The zero-order valence-electron chi connectivity index (χ0n) is 9.43. The average Bonchev–Trinajstić information content (AvgIpc) is 2.23. The molecule has 0 heterocycles. The quantitative estimate of drug-likeness (QED) is 0.497. The maximum Gasteiger partial charge on any atom is 0.247 e. The van der Waals surface area contributed by atoms with Crippen LogP contribution in [0, 0.1) is 0 Å². The van der Waals surface area contributed by atoms with E-state index in [9.17, 15) is 18.3 Å². The van der Waals surface area contributed by atoms with Crippen LogP contribution in [-0.2, 0) is 14.8 Å². The number of rotatable bonds is 5. The van der Waals surface area contributed by atoms with Gasteiger partial charge in [-0.25, -0.2) is 13.1 Å². The van der Waals surface area contributed by atoms with E-state index >= 15 is 0 Å². The fourth-order valence-corrected chi connectivity index (χ4v) is 4.85. The number of carbonyl (C=O) groups is 1. The normalized spacial score (nSPS) is 13.2. The number of carbonyl (C=O) groups excluding carboxylic acids is 1. The van der Waals surface area contributed by atoms with Gasteiger partial charge < -0.3 is 16.6 Å². The van der Waals surface area contributed by atoms with Crippen molar-refractivity contribution in [3.8, 4) is 0 Å². The Hall–Kier alpha value is -0.680. The van der Waals surface area contributed by atoms with Gasteiger partial charge in [-0.1, -0.05) is 0 Å². The molecule has 0 aliphatic rings. The Morgan fingerprint density at radius 2 is 1.84 bits per heavy atom. The van der Waals surface area contributed by atoms with Crippen LogP contribution in [0.15, 0.2) is 26.0 Å². The molecule has 0 saturated carbocycles. The van der Waals surface area contributed by atoms with E-state index in [2.05, 4.69) is 36.6 Å². The molecule has 1 amide bonds. The Bertz CT molecular complexity index is 582. The first kappa shape index (κ1) is 16.4. The van der Waals surface area contributed by atoms with E-state index < -0.39 is 28.6 Å². The molecular weight excluding hydrogens is 406 g/mol. The number of nitrogens with two attached hydrogens (primary N) is 2. The van der Waals surface area contributed by atoms with Gasteiger partial charge in [-0.3, -0.25) is 4.79 Å². The lowest BCUT2D eigenvalue weighted by Crippen LogP contribution is -2.40. The third-order valence-electron chi connectivity index (χ3n) is 2.08. The summed E-state index contributed by atoms with van der Waals surface area (Å²) in [6, 6.07) is 2.84. The molecule has 0 saturated heterocycles. The highest BCUT2D eigenvalue weighted by molar-refractivity contribution is 9.11. The molecular formula is C9H11Br2N3O4S. The molecule has 0 spiro atoms. The van der Waals surface area contributed by atoms with Crippen molar-refractivity contribution >= 4 is 53.5 Å². The van der Waals surface area contributed by atoms with Crippen LogP contribution in [0.2, 0.25) is 0 Å². The number of aliphatic hydroxyl groups excluding tert-OH is 1. The molecule has 0 aliphatic heterocycles. The second kappa shape index (κ2) is 6.18. The standard InChI is InChI=1S/C9H11Br2N3O4S/c10-5-1-4(12)2-6(11)8(5)19(17,18)14-3-7(15)9(13)16/h1-2,7,14-15H,3,12H2,(H2,13,16). The predicted octanol–water partition coefficient (Wildman–Crippen LogP) is -0.0817. The maximum atomic E-state index is 12.0. The molecule has 19 heavy (non-hydrogen) atoms. The molecule has 1 aromatic carbocycles. The minimum atomic E-state index is -3.93. The van der Waals surface area contributed by atoms with Crippen molar-refractivity contribution in [3.05, 3.63) is 21.1 Å². The number of sulfonamides is 1. The van der Waals surface area contributed by atoms with Gasteiger partial charge >= 0.3 is 0 Å². The minimum Gasteiger partial charge on any atom is -0.399 e. The van der Waals surface area contributed by atoms with Gasteiger partial charge in [0.05, 0.1) is 0 Å². The van der Waals surface area contributed by atoms with Gasteiger partial charge in [-0.15, -0.1) is 0 Å². The van der Waals surface area contributed by atoms with Crippen molar-refractivity contribution in [1.29, 1.82) is 0 Å². The average molecular weight is 417 g/mol. The van der Waals surface area contributed by atoms with Crippen LogP contribution in [0.25, 0.3) is 0 Å². The van der Waals surface area contributed by atoms with Crippen LogP contribution in [0.4, 0.5) is 5.69 Å². The monoisotopic (exact) mass is 415 g/mol. The fraction of sp³-hybridized carbons (Fsp3) is 0.222. The first-order valence-electron chi connectivity index (χ1n) is 4.86. The molecule has 106 valence electrons. The summed E-state index contributed by atoms with van der Waals surface area (Å²) in [5.74, 6) is -1.02. The molecule has 0 bridgehead atoms. The second-order valence-electron chi connectivity index (χ2n) is 3.58. The lowest BCUT2D eigenvalue weighted by atomic mass is 10.3. The smallest absolute Gasteiger partial charge is 0.247 e. The number of hydrogen-bond donors (Lipinski definition) is 4. The molecule has 1 aromatic rings. The van der Waals surface area contributed by atoms with Crippen molar-refractivity contribution in [2.75, 3.05) is 12.3 Å². The Kier molecular flexibility index (Phi) is 5.33. The fourth-order valence-electron chi connectivity index (χ4n) is 1.20. The third kappa shape index (κ3) is 4.14. The van der Waals surface area contributed by atoms with Crippen molar-refractivity contribution in [1.82, 2.24) is 4.72 Å². The number of primary amides is 1. The molecule has 0 radical (unpaired) electrons. The van der Waals surface area contributed by atoms with Crippen LogP contribution < -0.4 is 16.2 Å². The third-order valence-corrected chi connectivity index (χ3v) is 5.38. The highest BCUT2D eigenvalue weighted by atomic mass is 79.9. The van der Waals surface area contributed by atoms with Crippen molar-refractivity contribution in [2.24, 2.45) is 5.73 Å². The molecule has 1 atom stereocenters. The van der Waals surface area contributed by atoms with Gasteiger partial charge in [0.2, 0.25) is 15.9 Å². The lowest BCUT2D eigenvalue weighted by Gasteiger charge is -2.12. The Labute approximate surface area is 126 Å². The summed E-state index contributed by atoms with van der Waals surface area (Å²) in [6.07, 6.45) is -1.60. The van der Waals surface area contributed by atoms with E-state index in [0.717, 1.165) is 0 Å². The number of anilines is 1. The van der Waals surface area contributed by atoms with Crippen LogP contribution >= 0.6 is 31.9 Å². The molecule has 10 heteroatoms. The van der Waals surface area contributed by atoms with Crippen molar-refractivity contribution < 1.29 is 18.3 Å². The van der Waals surface area contributed by atoms with E-state index in [4.69, 9.17) is 11.5 Å². The number of aliphatic hydroxyl groups is 1. The first-order valence-corrected chi connectivity index (χ1v) is 7.93. The summed E-state index contributed by atoms with van der Waals surface area (Å²) in [4.78, 5) is 10.5. The number of nitrogen functional groups attached to an aromatic ring is 1. The summed E-state index contributed by atoms with van der Waals surface area (Å²) < 4.78 is 26.7. The van der Waals surface area contributed by atoms with Crippen molar-refractivity contribution in [2.45, 2.75) is 11.0 Å². The number of nitrogens with one attached hydrogen (secondary N) is 1. The van der Waals surface area contributed by atoms with Crippen LogP contribution in [0.5, 0.6) is 0 Å². The maximum absolute atomic E-state index is 12.0. The Balaban J connectivity index is 3.05. The van der Waals surface area contributed by atoms with E-state index in [-0.39, 0.29) is 13.8 Å². The Morgan fingerprint density at radius 3 is 2.26 bits per heavy atom.